The van der Waals surface area contributed by atoms with E-state index < -0.39 is 6.10 Å². The van der Waals surface area contributed by atoms with Gasteiger partial charge in [0.2, 0.25) is 0 Å². The molecule has 0 unspecified atom stereocenters. The summed E-state index contributed by atoms with van der Waals surface area (Å²) in [7, 11) is 3.29. The first-order chi connectivity index (χ1) is 13.3. The van der Waals surface area contributed by atoms with Crippen LogP contribution in [0.4, 0.5) is 0 Å². The summed E-state index contributed by atoms with van der Waals surface area (Å²) in [5.74, 6) is 2.41. The van der Waals surface area contributed by atoms with Gasteiger partial charge in [-0.15, -0.1) is 0 Å². The van der Waals surface area contributed by atoms with Crippen LogP contribution < -0.4 is 19.5 Å². The molecule has 0 aliphatic carbocycles. The van der Waals surface area contributed by atoms with Crippen LogP contribution in [0, 0.1) is 6.92 Å². The van der Waals surface area contributed by atoms with Crippen LogP contribution in [0.3, 0.4) is 0 Å². The minimum absolute atomic E-state index is 0.141. The summed E-state index contributed by atoms with van der Waals surface area (Å²) in [6.07, 6.45) is -0.612. The number of amides is 1. The van der Waals surface area contributed by atoms with Crippen LogP contribution in [0.15, 0.2) is 36.4 Å². The maximum atomic E-state index is 12.6. The van der Waals surface area contributed by atoms with E-state index in [0.29, 0.717) is 11.7 Å². The number of carbonyl (C=O) groups excluding carboxylic acids is 1. The van der Waals surface area contributed by atoms with Gasteiger partial charge in [-0.3, -0.25) is 4.79 Å². The molecule has 0 radical (unpaired) electrons. The van der Waals surface area contributed by atoms with Gasteiger partial charge < -0.3 is 19.5 Å². The summed E-state index contributed by atoms with van der Waals surface area (Å²) < 4.78 is 16.4. The molecule has 0 bridgehead atoms. The molecule has 0 aliphatic rings. The van der Waals surface area contributed by atoms with Crippen molar-refractivity contribution in [2.24, 2.45) is 0 Å². The van der Waals surface area contributed by atoms with Crippen molar-refractivity contribution in [1.82, 2.24) is 5.32 Å². The van der Waals surface area contributed by atoms with E-state index >= 15 is 0 Å². The van der Waals surface area contributed by atoms with Gasteiger partial charge in [0.05, 0.1) is 20.3 Å². The van der Waals surface area contributed by atoms with Crippen molar-refractivity contribution in [3.8, 4) is 17.2 Å². The second kappa shape index (κ2) is 9.49. The van der Waals surface area contributed by atoms with Crippen molar-refractivity contribution in [3.63, 3.8) is 0 Å². The van der Waals surface area contributed by atoms with Gasteiger partial charge in [0.15, 0.2) is 6.10 Å². The van der Waals surface area contributed by atoms with Gasteiger partial charge in [0.25, 0.3) is 5.91 Å². The molecule has 1 N–H and O–H groups in total. The predicted molar refractivity (Wildman–Crippen MR) is 111 cm³/mol. The largest absolute Gasteiger partial charge is 0.497 e. The number of aryl methyl sites for hydroxylation is 1. The Hall–Kier alpha value is -2.69. The van der Waals surface area contributed by atoms with Crippen molar-refractivity contribution >= 4 is 5.91 Å². The average molecular weight is 386 g/mol. The lowest BCUT2D eigenvalue weighted by Gasteiger charge is -2.22. The normalized spacial score (nSPS) is 13.0. The van der Waals surface area contributed by atoms with Crippen LogP contribution in [0.25, 0.3) is 0 Å². The highest BCUT2D eigenvalue weighted by molar-refractivity contribution is 5.81. The van der Waals surface area contributed by atoms with Gasteiger partial charge in [0, 0.05) is 0 Å². The minimum Gasteiger partial charge on any atom is -0.497 e. The number of carbonyl (C=O) groups is 1. The molecule has 2 aromatic carbocycles. The van der Waals surface area contributed by atoms with Crippen molar-refractivity contribution in [3.05, 3.63) is 53.1 Å². The Balaban J connectivity index is 2.09. The predicted octanol–water partition coefficient (Wildman–Crippen LogP) is 4.78. The summed E-state index contributed by atoms with van der Waals surface area (Å²) in [5, 5.41) is 3.05. The number of methoxy groups -OCH3 is 2. The third kappa shape index (κ3) is 5.18. The average Bonchev–Trinajstić information content (AvgIpc) is 2.67. The van der Waals surface area contributed by atoms with Crippen LogP contribution in [0.5, 0.6) is 17.2 Å². The summed E-state index contributed by atoms with van der Waals surface area (Å²) in [6, 6.07) is 11.2. The van der Waals surface area contributed by atoms with E-state index in [1.165, 1.54) is 0 Å². The molecule has 152 valence electrons. The van der Waals surface area contributed by atoms with Gasteiger partial charge in [-0.2, -0.15) is 0 Å². The van der Waals surface area contributed by atoms with Gasteiger partial charge in [0.1, 0.15) is 17.2 Å². The quantitative estimate of drug-likeness (QED) is 0.710. The molecular formula is C23H31NO4. The Bertz CT molecular complexity index is 799. The molecule has 2 atom stereocenters. The van der Waals surface area contributed by atoms with Gasteiger partial charge in [-0.05, 0) is 79.8 Å². The molecule has 0 fully saturated rings. The molecule has 5 nitrogen and oxygen atoms in total. The van der Waals surface area contributed by atoms with E-state index in [1.54, 1.807) is 45.4 Å². The van der Waals surface area contributed by atoms with Crippen LogP contribution in [0.1, 0.15) is 56.3 Å². The topological polar surface area (TPSA) is 56.8 Å². The number of rotatable bonds is 8. The van der Waals surface area contributed by atoms with Gasteiger partial charge in [-0.1, -0.05) is 13.8 Å². The lowest BCUT2D eigenvalue weighted by Crippen LogP contribution is -2.38. The molecule has 0 spiro atoms. The third-order valence-corrected chi connectivity index (χ3v) is 4.81. The van der Waals surface area contributed by atoms with Crippen molar-refractivity contribution < 1.29 is 19.0 Å². The monoisotopic (exact) mass is 385 g/mol. The minimum atomic E-state index is -0.612. The van der Waals surface area contributed by atoms with Crippen LogP contribution >= 0.6 is 0 Å². The van der Waals surface area contributed by atoms with Gasteiger partial charge >= 0.3 is 0 Å². The Morgan fingerprint density at radius 3 is 2.04 bits per heavy atom. The highest BCUT2D eigenvalue weighted by Gasteiger charge is 2.20. The Morgan fingerprint density at radius 1 is 0.893 bits per heavy atom. The number of nitrogens with one attached hydrogen (secondary N) is 1. The number of hydrogen-bond donors (Lipinski definition) is 1. The standard InChI is InChI=1S/C23H31NO4/c1-14(2)20-13-21(15(3)12-22(20)27-7)16(4)24-23(25)17(5)28-19-10-8-18(26-6)9-11-19/h8-14,16-17H,1-7H3,(H,24,25)/t16-,17+/m1/s1. The fourth-order valence-electron chi connectivity index (χ4n) is 3.13. The Morgan fingerprint density at radius 2 is 1.50 bits per heavy atom. The maximum Gasteiger partial charge on any atom is 0.261 e. The first kappa shape index (κ1) is 21.6. The summed E-state index contributed by atoms with van der Waals surface area (Å²) in [6.45, 7) is 10.0. The molecule has 2 rings (SSSR count). The zero-order valence-electron chi connectivity index (χ0n) is 17.8. The number of hydrogen-bond acceptors (Lipinski definition) is 4. The lowest BCUT2D eigenvalue weighted by atomic mass is 9.93. The fraction of sp³-hybridized carbons (Fsp3) is 0.435. The molecule has 0 heterocycles. The fourth-order valence-corrected chi connectivity index (χ4v) is 3.13. The van der Waals surface area contributed by atoms with E-state index in [2.05, 4.69) is 25.2 Å². The van der Waals surface area contributed by atoms with Crippen molar-refractivity contribution in [1.29, 1.82) is 0 Å². The molecule has 28 heavy (non-hydrogen) atoms. The van der Waals surface area contributed by atoms with E-state index in [1.807, 2.05) is 19.9 Å². The van der Waals surface area contributed by atoms with Crippen LogP contribution in [0.2, 0.25) is 0 Å². The summed E-state index contributed by atoms with van der Waals surface area (Å²) >= 11 is 0. The summed E-state index contributed by atoms with van der Waals surface area (Å²) in [5.41, 5.74) is 3.29. The van der Waals surface area contributed by atoms with Crippen molar-refractivity contribution in [2.45, 2.75) is 52.7 Å². The number of ether oxygens (including phenoxy) is 3. The third-order valence-electron chi connectivity index (χ3n) is 4.81. The lowest BCUT2D eigenvalue weighted by molar-refractivity contribution is -0.127. The molecule has 2 aromatic rings. The van der Waals surface area contributed by atoms with E-state index in [0.717, 1.165) is 28.2 Å². The number of benzene rings is 2. The molecular weight excluding hydrogens is 354 g/mol. The zero-order chi connectivity index (χ0) is 20.8. The second-order valence-corrected chi connectivity index (χ2v) is 7.27. The molecule has 0 aliphatic heterocycles. The van der Waals surface area contributed by atoms with E-state index in [9.17, 15) is 4.79 Å². The van der Waals surface area contributed by atoms with Crippen LogP contribution in [-0.2, 0) is 4.79 Å². The zero-order valence-corrected chi connectivity index (χ0v) is 17.8. The van der Waals surface area contributed by atoms with E-state index in [-0.39, 0.29) is 11.9 Å². The first-order valence-corrected chi connectivity index (χ1v) is 9.56. The molecule has 0 saturated heterocycles. The van der Waals surface area contributed by atoms with Crippen LogP contribution in [-0.4, -0.2) is 26.2 Å². The highest BCUT2D eigenvalue weighted by Crippen LogP contribution is 2.32. The van der Waals surface area contributed by atoms with E-state index in [4.69, 9.17) is 14.2 Å². The maximum absolute atomic E-state index is 12.6. The second-order valence-electron chi connectivity index (χ2n) is 7.27. The van der Waals surface area contributed by atoms with Crippen molar-refractivity contribution in [2.75, 3.05) is 14.2 Å². The smallest absolute Gasteiger partial charge is 0.261 e. The molecule has 0 aromatic heterocycles. The highest BCUT2D eigenvalue weighted by atomic mass is 16.5. The molecule has 5 heteroatoms. The SMILES string of the molecule is COc1ccc(O[C@@H](C)C(=O)N[C@H](C)c2cc(C(C)C)c(OC)cc2C)cc1. The first-order valence-electron chi connectivity index (χ1n) is 9.56. The Kier molecular flexibility index (Phi) is 7.32. The molecule has 1 amide bonds. The molecule has 0 saturated carbocycles. The summed E-state index contributed by atoms with van der Waals surface area (Å²) in [4.78, 5) is 12.6. The Labute approximate surface area is 168 Å². The van der Waals surface area contributed by atoms with Gasteiger partial charge in [-0.25, -0.2) is 0 Å².